The first kappa shape index (κ1) is 14.1. The quantitative estimate of drug-likeness (QED) is 0.583. The van der Waals surface area contributed by atoms with Crippen molar-refractivity contribution in [3.05, 3.63) is 28.3 Å². The fourth-order valence-corrected chi connectivity index (χ4v) is 1.47. The van der Waals surface area contributed by atoms with Gasteiger partial charge in [0.05, 0.1) is 11.5 Å². The lowest BCUT2D eigenvalue weighted by Gasteiger charge is -2.10. The summed E-state index contributed by atoms with van der Waals surface area (Å²) in [6.45, 7) is 1.90. The summed E-state index contributed by atoms with van der Waals surface area (Å²) in [6.07, 6.45) is -1.75. The first-order valence-corrected chi connectivity index (χ1v) is 5.59. The Kier molecular flexibility index (Phi) is 5.29. The predicted octanol–water partition coefficient (Wildman–Crippen LogP) is 3.09. The Bertz CT molecular complexity index is 413. The van der Waals surface area contributed by atoms with E-state index in [1.54, 1.807) is 12.1 Å². The molecule has 0 aliphatic heterocycles. The Morgan fingerprint density at radius 1 is 1.33 bits per heavy atom. The van der Waals surface area contributed by atoms with Gasteiger partial charge in [-0.25, -0.2) is 8.78 Å². The zero-order chi connectivity index (χ0) is 13.5. The van der Waals surface area contributed by atoms with Crippen LogP contribution in [0.2, 0.25) is 0 Å². The summed E-state index contributed by atoms with van der Waals surface area (Å²) in [5.74, 6) is 0. The summed E-state index contributed by atoms with van der Waals surface area (Å²) in [4.78, 5) is 10.4. The van der Waals surface area contributed by atoms with E-state index < -0.39 is 17.9 Å². The van der Waals surface area contributed by atoms with Crippen LogP contribution in [-0.2, 0) is 0 Å². The van der Waals surface area contributed by atoms with Gasteiger partial charge in [-0.2, -0.15) is 0 Å². The molecular weight excluding hydrogens is 244 g/mol. The van der Waals surface area contributed by atoms with Gasteiger partial charge in [0.25, 0.3) is 6.43 Å². The molecule has 100 valence electrons. The third-order valence-electron chi connectivity index (χ3n) is 2.23. The number of nitrogens with one attached hydrogen (secondary N) is 2. The van der Waals surface area contributed by atoms with E-state index in [2.05, 4.69) is 10.6 Å². The molecule has 0 saturated heterocycles. The summed E-state index contributed by atoms with van der Waals surface area (Å²) < 4.78 is 24.2. The van der Waals surface area contributed by atoms with E-state index in [-0.39, 0.29) is 11.4 Å². The second kappa shape index (κ2) is 6.73. The fraction of sp³-hybridized carbons (Fsp3) is 0.455. The molecule has 0 bridgehead atoms. The van der Waals surface area contributed by atoms with Crippen LogP contribution in [0.25, 0.3) is 0 Å². The average molecular weight is 259 g/mol. The van der Waals surface area contributed by atoms with Gasteiger partial charge in [0.1, 0.15) is 11.4 Å². The number of rotatable bonds is 7. The molecule has 1 aromatic carbocycles. The number of para-hydroxylation sites is 1. The standard InChI is InChI=1S/C11H15F2N3O2/c1-2-6-14-8-4-3-5-9(11(8)16(17)18)15-7-10(12)13/h3-5,10,14-15H,2,6-7H2,1H3. The van der Waals surface area contributed by atoms with Crippen molar-refractivity contribution in [2.45, 2.75) is 19.8 Å². The van der Waals surface area contributed by atoms with E-state index in [1.165, 1.54) is 6.07 Å². The Morgan fingerprint density at radius 2 is 1.94 bits per heavy atom. The molecule has 1 rings (SSSR count). The minimum absolute atomic E-state index is 0.0985. The van der Waals surface area contributed by atoms with Crippen LogP contribution in [0, 0.1) is 10.1 Å². The topological polar surface area (TPSA) is 67.2 Å². The summed E-state index contributed by atoms with van der Waals surface area (Å²) >= 11 is 0. The summed E-state index contributed by atoms with van der Waals surface area (Å²) in [5, 5.41) is 16.3. The molecule has 0 saturated carbocycles. The van der Waals surface area contributed by atoms with Gasteiger partial charge in [-0.1, -0.05) is 13.0 Å². The van der Waals surface area contributed by atoms with Crippen LogP contribution in [0.15, 0.2) is 18.2 Å². The van der Waals surface area contributed by atoms with Crippen LogP contribution < -0.4 is 10.6 Å². The summed E-state index contributed by atoms with van der Waals surface area (Å²) in [7, 11) is 0. The summed E-state index contributed by atoms with van der Waals surface area (Å²) in [6, 6.07) is 4.55. The second-order valence-corrected chi connectivity index (χ2v) is 3.66. The summed E-state index contributed by atoms with van der Waals surface area (Å²) in [5.41, 5.74) is 0.231. The molecule has 0 atom stereocenters. The van der Waals surface area contributed by atoms with E-state index in [1.807, 2.05) is 6.92 Å². The van der Waals surface area contributed by atoms with Gasteiger partial charge >= 0.3 is 5.69 Å². The second-order valence-electron chi connectivity index (χ2n) is 3.66. The number of hydrogen-bond acceptors (Lipinski definition) is 4. The maximum atomic E-state index is 12.1. The molecular formula is C11H15F2N3O2. The molecule has 7 heteroatoms. The molecule has 5 nitrogen and oxygen atoms in total. The van der Waals surface area contributed by atoms with Gasteiger partial charge in [-0.15, -0.1) is 0 Å². The number of halogens is 2. The van der Waals surface area contributed by atoms with Crippen molar-refractivity contribution in [1.82, 2.24) is 0 Å². The maximum Gasteiger partial charge on any atom is 0.315 e. The smallest absolute Gasteiger partial charge is 0.315 e. The lowest BCUT2D eigenvalue weighted by molar-refractivity contribution is -0.383. The third-order valence-corrected chi connectivity index (χ3v) is 2.23. The molecule has 0 aromatic heterocycles. The molecule has 2 N–H and O–H groups in total. The van der Waals surface area contributed by atoms with E-state index in [0.29, 0.717) is 12.2 Å². The molecule has 18 heavy (non-hydrogen) atoms. The van der Waals surface area contributed by atoms with Crippen molar-refractivity contribution in [2.24, 2.45) is 0 Å². The normalized spacial score (nSPS) is 10.4. The molecule has 0 radical (unpaired) electrons. The molecule has 0 amide bonds. The van der Waals surface area contributed by atoms with Crippen molar-refractivity contribution >= 4 is 17.1 Å². The van der Waals surface area contributed by atoms with Gasteiger partial charge in [0.2, 0.25) is 0 Å². The lowest BCUT2D eigenvalue weighted by Crippen LogP contribution is -2.12. The van der Waals surface area contributed by atoms with E-state index in [4.69, 9.17) is 0 Å². The zero-order valence-corrected chi connectivity index (χ0v) is 9.95. The highest BCUT2D eigenvalue weighted by Gasteiger charge is 2.19. The SMILES string of the molecule is CCCNc1cccc(NCC(F)F)c1[N+](=O)[O-]. The number of nitro benzene ring substituents is 1. The Balaban J connectivity index is 2.97. The van der Waals surface area contributed by atoms with E-state index in [0.717, 1.165) is 6.42 Å². The van der Waals surface area contributed by atoms with Crippen molar-refractivity contribution in [3.63, 3.8) is 0 Å². The number of anilines is 2. The number of nitrogens with zero attached hydrogens (tertiary/aromatic N) is 1. The lowest BCUT2D eigenvalue weighted by atomic mass is 10.2. The van der Waals surface area contributed by atoms with Crippen molar-refractivity contribution in [3.8, 4) is 0 Å². The van der Waals surface area contributed by atoms with Crippen LogP contribution in [0.1, 0.15) is 13.3 Å². The molecule has 0 spiro atoms. The number of benzene rings is 1. The van der Waals surface area contributed by atoms with Gasteiger partial charge in [0, 0.05) is 6.54 Å². The maximum absolute atomic E-state index is 12.1. The van der Waals surface area contributed by atoms with Crippen molar-refractivity contribution in [2.75, 3.05) is 23.7 Å². The Morgan fingerprint density at radius 3 is 2.44 bits per heavy atom. The number of alkyl halides is 2. The minimum atomic E-state index is -2.56. The van der Waals surface area contributed by atoms with Crippen LogP contribution in [0.4, 0.5) is 25.8 Å². The highest BCUT2D eigenvalue weighted by molar-refractivity contribution is 5.76. The zero-order valence-electron chi connectivity index (χ0n) is 9.95. The number of nitro groups is 1. The molecule has 0 aliphatic rings. The van der Waals surface area contributed by atoms with Gasteiger partial charge < -0.3 is 10.6 Å². The minimum Gasteiger partial charge on any atom is -0.379 e. The van der Waals surface area contributed by atoms with Gasteiger partial charge in [-0.05, 0) is 18.6 Å². The van der Waals surface area contributed by atoms with Crippen molar-refractivity contribution in [1.29, 1.82) is 0 Å². The Hall–Kier alpha value is -1.92. The highest BCUT2D eigenvalue weighted by Crippen LogP contribution is 2.32. The monoisotopic (exact) mass is 259 g/mol. The van der Waals surface area contributed by atoms with Crippen LogP contribution in [0.3, 0.4) is 0 Å². The molecule has 0 heterocycles. The van der Waals surface area contributed by atoms with Gasteiger partial charge in [-0.3, -0.25) is 10.1 Å². The van der Waals surface area contributed by atoms with Gasteiger partial charge in [0.15, 0.2) is 0 Å². The number of hydrogen-bond donors (Lipinski definition) is 2. The Labute approximate surface area is 103 Å². The molecule has 0 fully saturated rings. The van der Waals surface area contributed by atoms with Crippen molar-refractivity contribution < 1.29 is 13.7 Å². The molecule has 0 unspecified atom stereocenters. The molecule has 1 aromatic rings. The fourth-order valence-electron chi connectivity index (χ4n) is 1.47. The van der Waals surface area contributed by atoms with E-state index >= 15 is 0 Å². The first-order valence-electron chi connectivity index (χ1n) is 5.59. The van der Waals surface area contributed by atoms with Crippen LogP contribution >= 0.6 is 0 Å². The largest absolute Gasteiger partial charge is 0.379 e. The highest BCUT2D eigenvalue weighted by atomic mass is 19.3. The first-order chi connectivity index (χ1) is 8.56. The van der Waals surface area contributed by atoms with E-state index in [9.17, 15) is 18.9 Å². The molecule has 0 aliphatic carbocycles. The van der Waals surface area contributed by atoms with Crippen LogP contribution in [-0.4, -0.2) is 24.4 Å². The average Bonchev–Trinajstić information content (AvgIpc) is 2.33. The third kappa shape index (κ3) is 3.83. The predicted molar refractivity (Wildman–Crippen MR) is 66.4 cm³/mol. The van der Waals surface area contributed by atoms with Crippen LogP contribution in [0.5, 0.6) is 0 Å².